The number of hydrogen-bond acceptors (Lipinski definition) is 7. The lowest BCUT2D eigenvalue weighted by Gasteiger charge is -2.12. The molecular formula is C23H23N3O3S. The maximum Gasteiger partial charge on any atom is 0.138 e. The van der Waals surface area contributed by atoms with E-state index in [9.17, 15) is 0 Å². The first-order valence-electron chi connectivity index (χ1n) is 9.55. The lowest BCUT2D eigenvalue weighted by molar-refractivity contribution is 0.399. The van der Waals surface area contributed by atoms with Crippen LogP contribution in [0.2, 0.25) is 0 Å². The Morgan fingerprint density at radius 3 is 2.40 bits per heavy atom. The predicted octanol–water partition coefficient (Wildman–Crippen LogP) is 5.04. The van der Waals surface area contributed by atoms with Crippen LogP contribution in [0.4, 0.5) is 5.82 Å². The van der Waals surface area contributed by atoms with Crippen LogP contribution in [0, 0.1) is 0 Å². The van der Waals surface area contributed by atoms with Gasteiger partial charge in [0, 0.05) is 17.5 Å². The van der Waals surface area contributed by atoms with E-state index in [1.54, 1.807) is 39.0 Å². The highest BCUT2D eigenvalue weighted by atomic mass is 32.1. The van der Waals surface area contributed by atoms with Crippen molar-refractivity contribution in [2.75, 3.05) is 33.2 Å². The molecule has 0 amide bonds. The molecule has 0 aliphatic rings. The topological polar surface area (TPSA) is 65.5 Å². The summed E-state index contributed by atoms with van der Waals surface area (Å²) in [4.78, 5) is 9.91. The highest BCUT2D eigenvalue weighted by molar-refractivity contribution is 7.17. The van der Waals surface area contributed by atoms with E-state index in [2.05, 4.69) is 32.8 Å². The van der Waals surface area contributed by atoms with Crippen molar-refractivity contribution >= 4 is 27.4 Å². The molecule has 1 N–H and O–H groups in total. The maximum atomic E-state index is 5.48. The number of benzene rings is 2. The summed E-state index contributed by atoms with van der Waals surface area (Å²) in [5.41, 5.74) is 3.30. The molecule has 0 unspecified atom stereocenters. The molecule has 0 fully saturated rings. The molecule has 0 aliphatic heterocycles. The first-order valence-corrected chi connectivity index (χ1v) is 10.4. The lowest BCUT2D eigenvalue weighted by atomic mass is 10.1. The number of aromatic nitrogens is 2. The summed E-state index contributed by atoms with van der Waals surface area (Å²) >= 11 is 1.61. The van der Waals surface area contributed by atoms with Crippen LogP contribution in [0.15, 0.2) is 54.2 Å². The largest absolute Gasteiger partial charge is 0.497 e. The van der Waals surface area contributed by atoms with Crippen molar-refractivity contribution < 1.29 is 14.2 Å². The first kappa shape index (κ1) is 20.0. The van der Waals surface area contributed by atoms with Crippen molar-refractivity contribution in [1.82, 2.24) is 9.97 Å². The van der Waals surface area contributed by atoms with E-state index in [0.29, 0.717) is 6.54 Å². The Bertz CT molecular complexity index is 1140. The molecule has 0 atom stereocenters. The zero-order valence-corrected chi connectivity index (χ0v) is 18.0. The standard InChI is InChI=1S/C23H23N3O3S/c1-27-17-6-4-15(5-7-17)19-13-30-23-21(19)22(25-14-26-23)24-11-10-16-12-18(28-2)8-9-20(16)29-3/h4-9,12-14H,10-11H2,1-3H3,(H,24,25,26). The maximum absolute atomic E-state index is 5.48. The van der Waals surface area contributed by atoms with Crippen molar-refractivity contribution in [2.45, 2.75) is 6.42 Å². The summed E-state index contributed by atoms with van der Waals surface area (Å²) in [5.74, 6) is 3.32. The number of rotatable bonds is 8. The summed E-state index contributed by atoms with van der Waals surface area (Å²) in [5, 5.41) is 6.63. The number of thiophene rings is 1. The molecule has 0 radical (unpaired) electrons. The van der Waals surface area contributed by atoms with Gasteiger partial charge in [-0.15, -0.1) is 11.3 Å². The van der Waals surface area contributed by atoms with Gasteiger partial charge in [-0.05, 0) is 47.9 Å². The van der Waals surface area contributed by atoms with E-state index in [1.807, 2.05) is 30.3 Å². The summed E-state index contributed by atoms with van der Waals surface area (Å²) in [6, 6.07) is 13.9. The van der Waals surface area contributed by atoms with Gasteiger partial charge in [0.15, 0.2) is 0 Å². The second-order valence-corrected chi connectivity index (χ2v) is 7.49. The molecule has 4 rings (SSSR count). The second kappa shape index (κ2) is 9.00. The summed E-state index contributed by atoms with van der Waals surface area (Å²) < 4.78 is 16.1. The monoisotopic (exact) mass is 421 g/mol. The van der Waals surface area contributed by atoms with Gasteiger partial charge in [0.2, 0.25) is 0 Å². The van der Waals surface area contributed by atoms with E-state index in [0.717, 1.165) is 56.4 Å². The van der Waals surface area contributed by atoms with E-state index in [4.69, 9.17) is 14.2 Å². The Morgan fingerprint density at radius 2 is 1.67 bits per heavy atom. The molecule has 4 aromatic rings. The van der Waals surface area contributed by atoms with E-state index >= 15 is 0 Å². The SMILES string of the molecule is COc1ccc(-c2csc3ncnc(NCCc4cc(OC)ccc4OC)c23)cc1. The summed E-state index contributed by atoms with van der Waals surface area (Å²) in [6.07, 6.45) is 2.37. The summed E-state index contributed by atoms with van der Waals surface area (Å²) in [7, 11) is 5.01. The average molecular weight is 422 g/mol. The fraction of sp³-hybridized carbons (Fsp3) is 0.217. The van der Waals surface area contributed by atoms with E-state index in [1.165, 1.54) is 0 Å². The van der Waals surface area contributed by atoms with Crippen molar-refractivity contribution in [3.05, 3.63) is 59.7 Å². The Morgan fingerprint density at radius 1 is 0.900 bits per heavy atom. The highest BCUT2D eigenvalue weighted by Gasteiger charge is 2.13. The number of methoxy groups -OCH3 is 3. The van der Waals surface area contributed by atoms with Crippen LogP contribution >= 0.6 is 11.3 Å². The average Bonchev–Trinajstić information content (AvgIpc) is 3.24. The van der Waals surface area contributed by atoms with Crippen LogP contribution in [-0.4, -0.2) is 37.8 Å². The Hall–Kier alpha value is -3.32. The molecule has 0 saturated heterocycles. The van der Waals surface area contributed by atoms with Crippen LogP contribution in [-0.2, 0) is 6.42 Å². The fourth-order valence-electron chi connectivity index (χ4n) is 3.39. The molecule has 0 spiro atoms. The Labute approximate surface area is 179 Å². The van der Waals surface area contributed by atoms with E-state index < -0.39 is 0 Å². The number of ether oxygens (including phenoxy) is 3. The number of hydrogen-bond donors (Lipinski definition) is 1. The number of fused-ring (bicyclic) bond motifs is 1. The Balaban J connectivity index is 1.58. The third kappa shape index (κ3) is 4.02. The molecular weight excluding hydrogens is 398 g/mol. The van der Waals surface area contributed by atoms with Crippen molar-refractivity contribution in [1.29, 1.82) is 0 Å². The van der Waals surface area contributed by atoms with Gasteiger partial charge in [-0.25, -0.2) is 9.97 Å². The third-order valence-electron chi connectivity index (χ3n) is 4.95. The van der Waals surface area contributed by atoms with Crippen LogP contribution in [0.25, 0.3) is 21.3 Å². The van der Waals surface area contributed by atoms with Crippen LogP contribution < -0.4 is 19.5 Å². The molecule has 0 aliphatic carbocycles. The van der Waals surface area contributed by atoms with E-state index in [-0.39, 0.29) is 0 Å². The van der Waals surface area contributed by atoms with Crippen LogP contribution in [0.5, 0.6) is 17.2 Å². The minimum absolute atomic E-state index is 0.702. The van der Waals surface area contributed by atoms with Crippen LogP contribution in [0.3, 0.4) is 0 Å². The third-order valence-corrected chi connectivity index (χ3v) is 5.83. The number of nitrogens with one attached hydrogen (secondary N) is 1. The van der Waals surface area contributed by atoms with Crippen molar-refractivity contribution in [3.8, 4) is 28.4 Å². The molecule has 2 aromatic heterocycles. The van der Waals surface area contributed by atoms with Gasteiger partial charge in [-0.3, -0.25) is 0 Å². The zero-order valence-electron chi connectivity index (χ0n) is 17.1. The fourth-order valence-corrected chi connectivity index (χ4v) is 4.30. The number of nitrogens with zero attached hydrogens (tertiary/aromatic N) is 2. The molecule has 6 nitrogen and oxygen atoms in total. The Kier molecular flexibility index (Phi) is 5.99. The minimum Gasteiger partial charge on any atom is -0.497 e. The smallest absolute Gasteiger partial charge is 0.138 e. The molecule has 0 bridgehead atoms. The molecule has 2 heterocycles. The predicted molar refractivity (Wildman–Crippen MR) is 121 cm³/mol. The summed E-state index contributed by atoms with van der Waals surface area (Å²) in [6.45, 7) is 0.702. The molecule has 30 heavy (non-hydrogen) atoms. The van der Waals surface area contributed by atoms with Gasteiger partial charge < -0.3 is 19.5 Å². The molecule has 7 heteroatoms. The number of anilines is 1. The van der Waals surface area contributed by atoms with Gasteiger partial charge >= 0.3 is 0 Å². The highest BCUT2D eigenvalue weighted by Crippen LogP contribution is 2.37. The second-order valence-electron chi connectivity index (χ2n) is 6.63. The van der Waals surface area contributed by atoms with Gasteiger partial charge in [-0.2, -0.15) is 0 Å². The zero-order chi connectivity index (χ0) is 20.9. The minimum atomic E-state index is 0.702. The lowest BCUT2D eigenvalue weighted by Crippen LogP contribution is -2.08. The van der Waals surface area contributed by atoms with Gasteiger partial charge in [0.05, 0.1) is 26.7 Å². The molecule has 154 valence electrons. The normalized spacial score (nSPS) is 10.8. The van der Waals surface area contributed by atoms with Gasteiger partial charge in [-0.1, -0.05) is 12.1 Å². The van der Waals surface area contributed by atoms with Gasteiger partial charge in [0.25, 0.3) is 0 Å². The van der Waals surface area contributed by atoms with Crippen molar-refractivity contribution in [2.24, 2.45) is 0 Å². The van der Waals surface area contributed by atoms with Gasteiger partial charge in [0.1, 0.15) is 34.2 Å². The molecule has 0 saturated carbocycles. The van der Waals surface area contributed by atoms with Crippen LogP contribution in [0.1, 0.15) is 5.56 Å². The molecule has 2 aromatic carbocycles. The van der Waals surface area contributed by atoms with Crippen molar-refractivity contribution in [3.63, 3.8) is 0 Å². The first-order chi connectivity index (χ1) is 14.7. The quantitative estimate of drug-likeness (QED) is 0.430.